The van der Waals surface area contributed by atoms with Crippen LogP contribution >= 0.6 is 0 Å². The van der Waals surface area contributed by atoms with E-state index in [1.807, 2.05) is 12.4 Å². The van der Waals surface area contributed by atoms with Gasteiger partial charge in [0, 0.05) is 97.3 Å². The van der Waals surface area contributed by atoms with Gasteiger partial charge >= 0.3 is 0 Å². The summed E-state index contributed by atoms with van der Waals surface area (Å²) in [6.45, 7) is 0. The van der Waals surface area contributed by atoms with E-state index >= 15 is 0 Å². The van der Waals surface area contributed by atoms with Crippen LogP contribution in [0.25, 0.3) is 263 Å². The predicted molar refractivity (Wildman–Crippen MR) is 514 cm³/mol. The molecule has 0 fully saturated rings. The number of fused-ring (bicyclic) bond motifs is 38. The minimum absolute atomic E-state index is 0.755. The Labute approximate surface area is 705 Å². The first kappa shape index (κ1) is 68.0. The van der Waals surface area contributed by atoms with Crippen LogP contribution in [0.15, 0.2) is 389 Å². The number of rotatable bonds is 6. The van der Waals surface area contributed by atoms with E-state index in [2.05, 4.69) is 394 Å². The van der Waals surface area contributed by atoms with Crippen LogP contribution in [0.2, 0.25) is 0 Å². The van der Waals surface area contributed by atoms with E-state index < -0.39 is 0 Å². The first-order valence-electron chi connectivity index (χ1n) is 42.0. The fourth-order valence-corrected chi connectivity index (χ4v) is 20.6. The molecule has 0 aliphatic carbocycles. The van der Waals surface area contributed by atoms with Crippen molar-refractivity contribution in [1.29, 1.82) is 0 Å². The number of nitrogens with zero attached hydrogens (tertiary/aromatic N) is 12. The van der Waals surface area contributed by atoms with E-state index in [0.717, 1.165) is 242 Å². The highest BCUT2D eigenvalue weighted by Gasteiger charge is 2.30. The van der Waals surface area contributed by atoms with Crippen molar-refractivity contribution >= 4 is 218 Å². The summed E-state index contributed by atoms with van der Waals surface area (Å²) < 4.78 is 9.35. The van der Waals surface area contributed by atoms with Gasteiger partial charge in [0.25, 0.3) is 0 Å². The van der Waals surface area contributed by atoms with Crippen molar-refractivity contribution in [3.8, 4) is 45.8 Å². The van der Waals surface area contributed by atoms with Crippen LogP contribution in [0.4, 0.5) is 0 Å². The highest BCUT2D eigenvalue weighted by atomic mass is 15.2. The second-order valence-corrected chi connectivity index (χ2v) is 32.3. The van der Waals surface area contributed by atoms with Gasteiger partial charge in [-0.25, -0.2) is 29.9 Å². The van der Waals surface area contributed by atoms with Crippen LogP contribution in [0.3, 0.4) is 0 Å². The molecule has 0 bridgehead atoms. The maximum atomic E-state index is 5.87. The highest BCUT2D eigenvalue weighted by Crippen LogP contribution is 2.49. The zero-order valence-electron chi connectivity index (χ0n) is 66.3. The Hall–Kier alpha value is -17.0. The van der Waals surface area contributed by atoms with E-state index in [9.17, 15) is 0 Å². The average Bonchev–Trinajstić information content (AvgIpc) is 1.53. The van der Waals surface area contributed by atoms with E-state index in [4.69, 9.17) is 39.9 Å². The molecule has 28 rings (SSSR count). The molecule has 28 aromatic rings. The Balaban J connectivity index is 0.000000132. The fraction of sp³-hybridized carbons (Fsp3) is 0. The lowest BCUT2D eigenvalue weighted by Gasteiger charge is -2.18. The molecule has 0 spiro atoms. The molecular formula is C112H64N12. The zero-order chi connectivity index (χ0) is 80.9. The maximum absolute atomic E-state index is 5.87. The monoisotopic (exact) mass is 1580 g/mol. The Morgan fingerprint density at radius 3 is 0.621 bits per heavy atom. The van der Waals surface area contributed by atoms with Gasteiger partial charge in [-0.15, -0.1) is 0 Å². The fourth-order valence-electron chi connectivity index (χ4n) is 20.6. The smallest absolute Gasteiger partial charge is 0.165 e. The molecule has 8 heterocycles. The average molecular weight is 1580 g/mol. The zero-order valence-corrected chi connectivity index (χ0v) is 66.3. The summed E-state index contributed by atoms with van der Waals surface area (Å²) in [6, 6.07) is 133. The topological polar surface area (TPSA) is 123 Å². The van der Waals surface area contributed by atoms with Crippen molar-refractivity contribution in [2.75, 3.05) is 0 Å². The Morgan fingerprint density at radius 2 is 0.347 bits per heavy atom. The van der Waals surface area contributed by atoms with E-state index in [0.29, 0.717) is 0 Å². The first-order valence-corrected chi connectivity index (χ1v) is 42.0. The highest BCUT2D eigenvalue weighted by molar-refractivity contribution is 6.30. The molecule has 0 saturated heterocycles. The second kappa shape index (κ2) is 26.3. The summed E-state index contributed by atoms with van der Waals surface area (Å²) in [7, 11) is 0. The molecule has 0 atom stereocenters. The number of hydrogen-bond acceptors (Lipinski definition) is 8. The summed E-state index contributed by atoms with van der Waals surface area (Å²) in [5, 5.41) is 27.0. The molecular weight excluding hydrogens is 1510 g/mol. The van der Waals surface area contributed by atoms with Crippen molar-refractivity contribution in [2.24, 2.45) is 0 Å². The minimum Gasteiger partial charge on any atom is -0.290 e. The quantitative estimate of drug-likeness (QED) is 0.151. The summed E-state index contributed by atoms with van der Waals surface area (Å²) >= 11 is 0. The minimum atomic E-state index is 0.755. The molecule has 0 unspecified atom stereocenters. The normalized spacial score (nSPS) is 12.2. The van der Waals surface area contributed by atoms with Crippen molar-refractivity contribution in [2.45, 2.75) is 0 Å². The molecule has 0 aliphatic rings. The predicted octanol–water partition coefficient (Wildman–Crippen LogP) is 28.1. The first-order chi connectivity index (χ1) is 61.6. The standard InChI is InChI=1S/C62H36N6.C50H28N6/c1-3-19-37(20-4-1)53-61(65-57-47-31-13-9-25-41(47)39-23-7-11-29-45(39)55(57)63-53)67-51-33-17-15-27-43(51)49-35-36-50-44-28-16-18-34-52(44)68(60(50)59(49)67)62-54(38-21-5-2-6-22-38)64-56-46-30-12-8-24-40(46)42-26-10-14-32-48(42)58(56)66-62;1-5-19-35-29(13-1)31-15-3-7-21-37(31)47-45(35)51-27-43(53-47)55-41-23-11-9-17-33(41)39-25-26-40-34-18-10-12-24-42(34)56(50(40)49(39)55)44-28-52-46-36-20-6-2-14-30(36)32-16-4-8-22-38(32)48(46)54-44/h1-36H;1-28H. The Kier molecular flexibility index (Phi) is 14.4. The van der Waals surface area contributed by atoms with Crippen LogP contribution in [-0.4, -0.2) is 58.1 Å². The van der Waals surface area contributed by atoms with Gasteiger partial charge < -0.3 is 0 Å². The molecule has 0 N–H and O–H groups in total. The lowest BCUT2D eigenvalue weighted by Crippen LogP contribution is -2.07. The lowest BCUT2D eigenvalue weighted by molar-refractivity contribution is 1.06. The van der Waals surface area contributed by atoms with Crippen LogP contribution < -0.4 is 0 Å². The van der Waals surface area contributed by atoms with Gasteiger partial charge in [0.05, 0.1) is 101 Å². The number of hydrogen-bond donors (Lipinski definition) is 0. The molecule has 0 saturated carbocycles. The van der Waals surface area contributed by atoms with Crippen LogP contribution in [0.1, 0.15) is 0 Å². The second-order valence-electron chi connectivity index (χ2n) is 32.3. The van der Waals surface area contributed by atoms with E-state index in [1.165, 1.54) is 21.5 Å². The van der Waals surface area contributed by atoms with E-state index in [1.54, 1.807) is 0 Å². The largest absolute Gasteiger partial charge is 0.290 e. The molecule has 572 valence electrons. The molecule has 8 aromatic heterocycles. The summed E-state index contributed by atoms with van der Waals surface area (Å²) in [5.41, 5.74) is 18.9. The third kappa shape index (κ3) is 9.66. The third-order valence-electron chi connectivity index (χ3n) is 25.8. The van der Waals surface area contributed by atoms with Gasteiger partial charge in [-0.3, -0.25) is 28.2 Å². The molecule has 124 heavy (non-hydrogen) atoms. The van der Waals surface area contributed by atoms with Gasteiger partial charge in [-0.2, -0.15) is 0 Å². The van der Waals surface area contributed by atoms with Gasteiger partial charge in [0.2, 0.25) is 0 Å². The Morgan fingerprint density at radius 1 is 0.145 bits per heavy atom. The van der Waals surface area contributed by atoms with E-state index in [-0.39, 0.29) is 0 Å². The van der Waals surface area contributed by atoms with Gasteiger partial charge in [0.15, 0.2) is 23.3 Å². The summed E-state index contributed by atoms with van der Waals surface area (Å²) in [6.07, 6.45) is 3.88. The number of para-hydroxylation sites is 4. The molecule has 0 aliphatic heterocycles. The summed E-state index contributed by atoms with van der Waals surface area (Å²) in [5.74, 6) is 3.03. The van der Waals surface area contributed by atoms with Crippen LogP contribution in [0.5, 0.6) is 0 Å². The molecule has 20 aromatic carbocycles. The van der Waals surface area contributed by atoms with Crippen LogP contribution in [-0.2, 0) is 0 Å². The lowest BCUT2D eigenvalue weighted by atomic mass is 9.99. The number of benzene rings is 20. The SMILES string of the molecule is c1ccc(-c2nc3c4ccccc4c4ccccc4c3nc2-n2c3ccccc3c3ccc4c5ccccc5n(-c5nc6c7ccccc7c7ccccc7c6nc5-c5ccccc5)c4c32)cc1.c1ccc2c(c1)c1ccccc1c1nc(-n3c4ccccc4c4ccc5c6ccccc6n(-c6cnc7c8ccccc8c8ccccc8c7n6)c5c43)cnc21. The molecule has 0 amide bonds. The van der Waals surface area contributed by atoms with Crippen molar-refractivity contribution in [3.05, 3.63) is 389 Å². The maximum Gasteiger partial charge on any atom is 0.165 e. The number of aromatic nitrogens is 12. The Bertz CT molecular complexity index is 8920. The van der Waals surface area contributed by atoms with Gasteiger partial charge in [-0.05, 0) is 67.4 Å². The molecule has 12 heteroatoms. The van der Waals surface area contributed by atoms with Crippen molar-refractivity contribution < 1.29 is 0 Å². The van der Waals surface area contributed by atoms with Gasteiger partial charge in [0.1, 0.15) is 11.4 Å². The molecule has 0 radical (unpaired) electrons. The summed E-state index contributed by atoms with van der Waals surface area (Å²) in [4.78, 5) is 44.7. The van der Waals surface area contributed by atoms with Gasteiger partial charge in [-0.1, -0.05) is 352 Å². The van der Waals surface area contributed by atoms with Crippen molar-refractivity contribution in [1.82, 2.24) is 58.1 Å². The van der Waals surface area contributed by atoms with Crippen LogP contribution in [0, 0.1) is 0 Å². The van der Waals surface area contributed by atoms with Crippen molar-refractivity contribution in [3.63, 3.8) is 0 Å². The molecule has 12 nitrogen and oxygen atoms in total. The third-order valence-corrected chi connectivity index (χ3v) is 25.8.